The predicted octanol–water partition coefficient (Wildman–Crippen LogP) is 3.44. The molecule has 2 heteroatoms. The first-order chi connectivity index (χ1) is 6.76. The second-order valence-corrected chi connectivity index (χ2v) is 5.77. The lowest BCUT2D eigenvalue weighted by Crippen LogP contribution is -2.30. The molecule has 0 aliphatic heterocycles. The molecule has 1 unspecified atom stereocenters. The molecule has 0 N–H and O–H groups in total. The Bertz CT molecular complexity index is 189. The maximum absolute atomic E-state index is 11.9. The minimum Gasteiger partial charge on any atom is -0.371 e. The Hall–Kier alpha value is -0.370. The van der Waals surface area contributed by atoms with Crippen LogP contribution in [0.15, 0.2) is 0 Å². The Balaban J connectivity index is 4.31. The molecule has 0 spiro atoms. The van der Waals surface area contributed by atoms with Crippen LogP contribution in [0, 0.1) is 11.3 Å². The molecule has 0 bridgehead atoms. The highest BCUT2D eigenvalue weighted by Crippen LogP contribution is 2.24. The third kappa shape index (κ3) is 7.55. The standard InChI is InChI=1S/C13H26O2/c1-7-15-12(9-13(4,5)6)11(14)8-10(2)3/h10,12H,7-9H2,1-6H3. The van der Waals surface area contributed by atoms with Crippen molar-refractivity contribution in [2.24, 2.45) is 11.3 Å². The van der Waals surface area contributed by atoms with Crippen molar-refractivity contribution in [3.05, 3.63) is 0 Å². The van der Waals surface area contributed by atoms with Gasteiger partial charge in [-0.2, -0.15) is 0 Å². The van der Waals surface area contributed by atoms with Gasteiger partial charge in [0, 0.05) is 13.0 Å². The molecule has 15 heavy (non-hydrogen) atoms. The first kappa shape index (κ1) is 14.6. The largest absolute Gasteiger partial charge is 0.371 e. The average Bonchev–Trinajstić information content (AvgIpc) is 1.99. The fourth-order valence-electron chi connectivity index (χ4n) is 1.56. The number of rotatable bonds is 6. The number of ketones is 1. The monoisotopic (exact) mass is 214 g/mol. The van der Waals surface area contributed by atoms with E-state index in [1.807, 2.05) is 6.92 Å². The smallest absolute Gasteiger partial charge is 0.161 e. The predicted molar refractivity (Wildman–Crippen MR) is 63.9 cm³/mol. The molecule has 0 radical (unpaired) electrons. The van der Waals surface area contributed by atoms with E-state index in [-0.39, 0.29) is 17.3 Å². The zero-order chi connectivity index (χ0) is 12.1. The molecule has 2 nitrogen and oxygen atoms in total. The molecule has 0 saturated carbocycles. The van der Waals surface area contributed by atoms with Crippen LogP contribution in [-0.2, 0) is 9.53 Å². The minimum absolute atomic E-state index is 0.145. The Kier molecular flexibility index (Phi) is 6.11. The van der Waals surface area contributed by atoms with Crippen molar-refractivity contribution < 1.29 is 9.53 Å². The summed E-state index contributed by atoms with van der Waals surface area (Å²) in [6.45, 7) is 13.1. The molecule has 0 amide bonds. The van der Waals surface area contributed by atoms with Crippen LogP contribution in [0.25, 0.3) is 0 Å². The van der Waals surface area contributed by atoms with Gasteiger partial charge in [0.1, 0.15) is 6.10 Å². The summed E-state index contributed by atoms with van der Waals surface area (Å²) >= 11 is 0. The van der Waals surface area contributed by atoms with Crippen LogP contribution in [0.4, 0.5) is 0 Å². The normalized spacial score (nSPS) is 14.3. The first-order valence-corrected chi connectivity index (χ1v) is 5.90. The molecular weight excluding hydrogens is 188 g/mol. The topological polar surface area (TPSA) is 26.3 Å². The highest BCUT2D eigenvalue weighted by molar-refractivity contribution is 5.83. The van der Waals surface area contributed by atoms with Crippen LogP contribution in [0.5, 0.6) is 0 Å². The number of Topliss-reactive ketones (excluding diaryl/α,β-unsaturated/α-hetero) is 1. The third-order valence-corrected chi connectivity index (χ3v) is 2.13. The maximum Gasteiger partial charge on any atom is 0.161 e. The van der Waals surface area contributed by atoms with Crippen molar-refractivity contribution in [3.63, 3.8) is 0 Å². The van der Waals surface area contributed by atoms with Gasteiger partial charge in [0.25, 0.3) is 0 Å². The summed E-state index contributed by atoms with van der Waals surface area (Å²) in [6.07, 6.45) is 1.23. The van der Waals surface area contributed by atoms with Gasteiger partial charge in [0.05, 0.1) is 0 Å². The van der Waals surface area contributed by atoms with Gasteiger partial charge in [0.15, 0.2) is 5.78 Å². The van der Waals surface area contributed by atoms with Gasteiger partial charge in [-0.25, -0.2) is 0 Å². The summed E-state index contributed by atoms with van der Waals surface area (Å²) < 4.78 is 5.53. The second kappa shape index (κ2) is 6.26. The van der Waals surface area contributed by atoms with Crippen molar-refractivity contribution in [1.82, 2.24) is 0 Å². The molecule has 0 aliphatic carbocycles. The number of ether oxygens (including phenoxy) is 1. The van der Waals surface area contributed by atoms with Gasteiger partial charge in [-0.1, -0.05) is 34.6 Å². The summed E-state index contributed by atoms with van der Waals surface area (Å²) in [4.78, 5) is 11.9. The lowest BCUT2D eigenvalue weighted by Gasteiger charge is -2.25. The number of carbonyl (C=O) groups excluding carboxylic acids is 1. The van der Waals surface area contributed by atoms with E-state index in [1.54, 1.807) is 0 Å². The first-order valence-electron chi connectivity index (χ1n) is 5.90. The SMILES string of the molecule is CCOC(CC(C)(C)C)C(=O)CC(C)C. The molecule has 0 rings (SSSR count). The summed E-state index contributed by atoms with van der Waals surface area (Å²) in [5, 5.41) is 0. The van der Waals surface area contributed by atoms with Gasteiger partial charge < -0.3 is 4.74 Å². The maximum atomic E-state index is 11.9. The van der Waals surface area contributed by atoms with Crippen LogP contribution >= 0.6 is 0 Å². The molecular formula is C13H26O2. The highest BCUT2D eigenvalue weighted by atomic mass is 16.5. The zero-order valence-electron chi connectivity index (χ0n) is 11.1. The van der Waals surface area contributed by atoms with E-state index < -0.39 is 0 Å². The summed E-state index contributed by atoms with van der Waals surface area (Å²) in [5.74, 6) is 0.669. The molecule has 0 aromatic heterocycles. The Morgan fingerprint density at radius 2 is 1.80 bits per heavy atom. The van der Waals surface area contributed by atoms with Gasteiger partial charge in [-0.15, -0.1) is 0 Å². The molecule has 0 heterocycles. The summed E-state index contributed by atoms with van der Waals surface area (Å²) in [6, 6.07) is 0. The molecule has 0 aliphatic rings. The van der Waals surface area contributed by atoms with Crippen LogP contribution in [0.2, 0.25) is 0 Å². The van der Waals surface area contributed by atoms with Crippen LogP contribution < -0.4 is 0 Å². The summed E-state index contributed by atoms with van der Waals surface area (Å²) in [7, 11) is 0. The van der Waals surface area contributed by atoms with Gasteiger partial charge in [-0.05, 0) is 24.7 Å². The van der Waals surface area contributed by atoms with Crippen LogP contribution in [0.1, 0.15) is 54.4 Å². The van der Waals surface area contributed by atoms with E-state index in [2.05, 4.69) is 34.6 Å². The van der Waals surface area contributed by atoms with Crippen molar-refractivity contribution in [2.75, 3.05) is 6.61 Å². The molecule has 0 aromatic rings. The molecule has 90 valence electrons. The lowest BCUT2D eigenvalue weighted by atomic mass is 9.86. The number of hydrogen-bond acceptors (Lipinski definition) is 2. The molecule has 1 atom stereocenters. The zero-order valence-corrected chi connectivity index (χ0v) is 11.1. The minimum atomic E-state index is -0.211. The Labute approximate surface area is 94.4 Å². The van der Waals surface area contributed by atoms with Gasteiger partial charge in [0.2, 0.25) is 0 Å². The summed E-state index contributed by atoms with van der Waals surface area (Å²) in [5.41, 5.74) is 0.145. The fraction of sp³-hybridized carbons (Fsp3) is 0.923. The van der Waals surface area contributed by atoms with Crippen LogP contribution in [0.3, 0.4) is 0 Å². The van der Waals surface area contributed by atoms with E-state index in [0.29, 0.717) is 18.9 Å². The molecule has 0 aromatic carbocycles. The van der Waals surface area contributed by atoms with E-state index in [9.17, 15) is 4.79 Å². The van der Waals surface area contributed by atoms with E-state index >= 15 is 0 Å². The van der Waals surface area contributed by atoms with Crippen LogP contribution in [-0.4, -0.2) is 18.5 Å². The second-order valence-electron chi connectivity index (χ2n) is 5.77. The van der Waals surface area contributed by atoms with Crippen molar-refractivity contribution in [3.8, 4) is 0 Å². The Morgan fingerprint density at radius 3 is 2.13 bits per heavy atom. The van der Waals surface area contributed by atoms with E-state index in [4.69, 9.17) is 4.74 Å². The lowest BCUT2D eigenvalue weighted by molar-refractivity contribution is -0.132. The Morgan fingerprint density at radius 1 is 1.27 bits per heavy atom. The van der Waals surface area contributed by atoms with Gasteiger partial charge >= 0.3 is 0 Å². The quantitative estimate of drug-likeness (QED) is 0.677. The van der Waals surface area contributed by atoms with E-state index in [0.717, 1.165) is 6.42 Å². The molecule has 0 saturated heterocycles. The van der Waals surface area contributed by atoms with Crippen molar-refractivity contribution >= 4 is 5.78 Å². The molecule has 0 fully saturated rings. The average molecular weight is 214 g/mol. The van der Waals surface area contributed by atoms with Crippen molar-refractivity contribution in [1.29, 1.82) is 0 Å². The highest BCUT2D eigenvalue weighted by Gasteiger charge is 2.25. The fourth-order valence-corrected chi connectivity index (χ4v) is 1.56. The third-order valence-electron chi connectivity index (χ3n) is 2.13. The van der Waals surface area contributed by atoms with Gasteiger partial charge in [-0.3, -0.25) is 4.79 Å². The van der Waals surface area contributed by atoms with E-state index in [1.165, 1.54) is 0 Å². The number of hydrogen-bond donors (Lipinski definition) is 0. The van der Waals surface area contributed by atoms with Crippen molar-refractivity contribution in [2.45, 2.75) is 60.5 Å². The number of carbonyl (C=O) groups is 1.